The van der Waals surface area contributed by atoms with Crippen molar-refractivity contribution in [3.8, 4) is 11.4 Å². The van der Waals surface area contributed by atoms with Crippen LogP contribution in [0.25, 0.3) is 15.9 Å². The first-order chi connectivity index (χ1) is 21.3. The second-order valence-corrected chi connectivity index (χ2v) is 12.9. The maximum absolute atomic E-state index is 14.1. The highest BCUT2D eigenvalue weighted by Crippen LogP contribution is 2.35. The van der Waals surface area contributed by atoms with E-state index in [4.69, 9.17) is 9.72 Å². The minimum absolute atomic E-state index is 0.0594. The number of anilines is 2. The lowest BCUT2D eigenvalue weighted by Gasteiger charge is -2.15. The zero-order valence-electron chi connectivity index (χ0n) is 24.7. The normalized spacial score (nSPS) is 12.5. The van der Waals surface area contributed by atoms with E-state index >= 15 is 0 Å². The molecule has 0 radical (unpaired) electrons. The Morgan fingerprint density at radius 1 is 0.977 bits per heavy atom. The smallest absolute Gasteiger partial charge is 0.267 e. The summed E-state index contributed by atoms with van der Waals surface area (Å²) in [5, 5.41) is 6.94. The molecule has 5 aromatic rings. The van der Waals surface area contributed by atoms with Gasteiger partial charge in [-0.2, -0.15) is 0 Å². The van der Waals surface area contributed by atoms with Crippen molar-refractivity contribution in [1.82, 2.24) is 9.55 Å². The molecule has 10 heteroatoms. The minimum Gasteiger partial charge on any atom is -0.495 e. The van der Waals surface area contributed by atoms with Crippen molar-refractivity contribution in [3.63, 3.8) is 0 Å². The lowest BCUT2D eigenvalue weighted by molar-refractivity contribution is -0.113. The van der Waals surface area contributed by atoms with Crippen molar-refractivity contribution < 1.29 is 14.3 Å². The Labute approximate surface area is 263 Å². The number of hydrogen-bond donors (Lipinski definition) is 2. The number of benzene rings is 3. The van der Waals surface area contributed by atoms with Crippen LogP contribution in [0.3, 0.4) is 0 Å². The van der Waals surface area contributed by atoms with Crippen LogP contribution in [0.5, 0.6) is 5.75 Å². The summed E-state index contributed by atoms with van der Waals surface area (Å²) < 4.78 is 6.97. The van der Waals surface area contributed by atoms with Crippen LogP contribution in [0.1, 0.15) is 44.8 Å². The number of thiophene rings is 1. The van der Waals surface area contributed by atoms with Gasteiger partial charge >= 0.3 is 0 Å². The zero-order valence-corrected chi connectivity index (χ0v) is 26.4. The second-order valence-electron chi connectivity index (χ2n) is 10.8. The molecule has 2 aromatic heterocycles. The van der Waals surface area contributed by atoms with Crippen LogP contribution < -0.4 is 20.9 Å². The van der Waals surface area contributed by atoms with Gasteiger partial charge in [-0.05, 0) is 105 Å². The number of ether oxygens (including phenoxy) is 1. The van der Waals surface area contributed by atoms with E-state index in [0.29, 0.717) is 33.2 Å². The molecule has 2 amide bonds. The number of hydrogen-bond acceptors (Lipinski definition) is 7. The molecule has 0 spiro atoms. The van der Waals surface area contributed by atoms with Crippen LogP contribution in [0.2, 0.25) is 0 Å². The average molecular weight is 625 g/mol. The van der Waals surface area contributed by atoms with E-state index in [-0.39, 0.29) is 23.1 Å². The molecule has 0 unspecified atom stereocenters. The first kappa shape index (κ1) is 29.7. The monoisotopic (exact) mass is 624 g/mol. The van der Waals surface area contributed by atoms with Crippen molar-refractivity contribution in [2.75, 3.05) is 23.5 Å². The highest BCUT2D eigenvalue weighted by Gasteiger charge is 2.23. The Bertz CT molecular complexity index is 1930. The highest BCUT2D eigenvalue weighted by atomic mass is 32.2. The fourth-order valence-corrected chi connectivity index (χ4v) is 7.68. The van der Waals surface area contributed by atoms with Gasteiger partial charge < -0.3 is 15.4 Å². The predicted octanol–water partition coefficient (Wildman–Crippen LogP) is 6.93. The van der Waals surface area contributed by atoms with Crippen LogP contribution in [-0.2, 0) is 17.6 Å². The molecule has 1 aliphatic carbocycles. The number of aromatic nitrogens is 2. The van der Waals surface area contributed by atoms with Crippen LogP contribution in [0.4, 0.5) is 11.4 Å². The van der Waals surface area contributed by atoms with E-state index in [2.05, 4.69) is 16.7 Å². The van der Waals surface area contributed by atoms with E-state index in [9.17, 15) is 14.4 Å². The Morgan fingerprint density at radius 2 is 1.70 bits per heavy atom. The summed E-state index contributed by atoms with van der Waals surface area (Å²) in [5.74, 6) is 0.0960. The lowest BCUT2D eigenvalue weighted by Crippen LogP contribution is -2.23. The third-order valence-corrected chi connectivity index (χ3v) is 9.67. The first-order valence-electron chi connectivity index (χ1n) is 14.4. The largest absolute Gasteiger partial charge is 0.495 e. The van der Waals surface area contributed by atoms with Gasteiger partial charge in [0.1, 0.15) is 10.6 Å². The van der Waals surface area contributed by atoms with E-state index < -0.39 is 0 Å². The molecular formula is C34H32N4O4S2. The number of nitrogens with zero attached hydrogens (tertiary/aromatic N) is 2. The Balaban J connectivity index is 1.21. The van der Waals surface area contributed by atoms with Gasteiger partial charge in [-0.3, -0.25) is 19.0 Å². The number of carbonyl (C=O) groups excluding carboxylic acids is 2. The summed E-state index contributed by atoms with van der Waals surface area (Å²) in [5.41, 5.74) is 5.49. The molecule has 0 saturated heterocycles. The van der Waals surface area contributed by atoms with Crippen LogP contribution in [0.15, 0.2) is 76.7 Å². The standard InChI is InChI=1S/C34H32N4O4S2/c1-20-16-21(2)18-24(17-20)38-33(41)30-25-8-4-7-11-28(25)44-32(30)37-34(38)43-19-29(39)35-23-14-12-22(13-15-23)31(40)36-26-9-5-6-10-27(26)42-3/h5-6,9-10,12-18H,4,7-8,11,19H2,1-3H3,(H,35,39)(H,36,40). The van der Waals surface area contributed by atoms with Gasteiger partial charge in [0.15, 0.2) is 5.16 Å². The molecule has 6 rings (SSSR count). The van der Waals surface area contributed by atoms with Crippen molar-refractivity contribution >= 4 is 56.5 Å². The number of para-hydroxylation sites is 2. The van der Waals surface area contributed by atoms with Crippen LogP contribution >= 0.6 is 23.1 Å². The number of rotatable bonds is 8. The zero-order chi connectivity index (χ0) is 30.8. The maximum atomic E-state index is 14.1. The summed E-state index contributed by atoms with van der Waals surface area (Å²) in [7, 11) is 1.55. The van der Waals surface area contributed by atoms with Crippen molar-refractivity contribution in [3.05, 3.63) is 104 Å². The molecule has 8 nitrogen and oxygen atoms in total. The Kier molecular flexibility index (Phi) is 8.54. The minimum atomic E-state index is -0.288. The second kappa shape index (κ2) is 12.7. The predicted molar refractivity (Wildman–Crippen MR) is 178 cm³/mol. The topological polar surface area (TPSA) is 102 Å². The number of thioether (sulfide) groups is 1. The first-order valence-corrected chi connectivity index (χ1v) is 16.2. The molecule has 1 aliphatic rings. The third kappa shape index (κ3) is 6.13. The summed E-state index contributed by atoms with van der Waals surface area (Å²) in [4.78, 5) is 46.8. The molecule has 0 fully saturated rings. The molecular weight excluding hydrogens is 593 g/mol. The van der Waals surface area contributed by atoms with Gasteiger partial charge in [-0.15, -0.1) is 11.3 Å². The Hall–Kier alpha value is -4.41. The van der Waals surface area contributed by atoms with Gasteiger partial charge in [0.2, 0.25) is 5.91 Å². The van der Waals surface area contributed by atoms with Crippen molar-refractivity contribution in [2.45, 2.75) is 44.7 Å². The van der Waals surface area contributed by atoms with E-state index in [1.165, 1.54) is 16.6 Å². The van der Waals surface area contributed by atoms with E-state index in [0.717, 1.165) is 52.9 Å². The molecule has 44 heavy (non-hydrogen) atoms. The number of fused-ring (bicyclic) bond motifs is 3. The van der Waals surface area contributed by atoms with Crippen molar-refractivity contribution in [2.24, 2.45) is 0 Å². The molecule has 0 bridgehead atoms. The van der Waals surface area contributed by atoms with Crippen molar-refractivity contribution in [1.29, 1.82) is 0 Å². The van der Waals surface area contributed by atoms with Gasteiger partial charge in [-0.25, -0.2) is 4.98 Å². The molecule has 224 valence electrons. The maximum Gasteiger partial charge on any atom is 0.267 e. The van der Waals surface area contributed by atoms with Gasteiger partial charge in [0.05, 0.1) is 29.6 Å². The van der Waals surface area contributed by atoms with Crippen LogP contribution in [-0.4, -0.2) is 34.2 Å². The molecule has 2 heterocycles. The summed E-state index contributed by atoms with van der Waals surface area (Å²) >= 11 is 2.84. The quantitative estimate of drug-likeness (QED) is 0.143. The van der Waals surface area contributed by atoms with Gasteiger partial charge in [0, 0.05) is 16.1 Å². The molecule has 0 atom stereocenters. The van der Waals surface area contributed by atoms with E-state index in [1.54, 1.807) is 59.4 Å². The lowest BCUT2D eigenvalue weighted by atomic mass is 9.97. The molecule has 0 saturated carbocycles. The SMILES string of the molecule is COc1ccccc1NC(=O)c1ccc(NC(=O)CSc2nc3sc4c(c3c(=O)n2-c2cc(C)cc(C)c2)CCCC4)cc1. The fourth-order valence-electron chi connectivity index (χ4n) is 5.57. The number of amides is 2. The van der Waals surface area contributed by atoms with E-state index in [1.807, 2.05) is 38.1 Å². The summed E-state index contributed by atoms with van der Waals surface area (Å²) in [6.45, 7) is 4.02. The van der Waals surface area contributed by atoms with Crippen LogP contribution in [0, 0.1) is 13.8 Å². The fraction of sp³-hybridized carbons (Fsp3) is 0.235. The third-order valence-electron chi connectivity index (χ3n) is 7.54. The number of methoxy groups -OCH3 is 1. The average Bonchev–Trinajstić information content (AvgIpc) is 3.39. The molecule has 2 N–H and O–H groups in total. The number of nitrogens with one attached hydrogen (secondary N) is 2. The number of aryl methyl sites for hydroxylation is 4. The molecule has 3 aromatic carbocycles. The van der Waals surface area contributed by atoms with Gasteiger partial charge in [-0.1, -0.05) is 30.0 Å². The molecule has 0 aliphatic heterocycles. The summed E-state index contributed by atoms with van der Waals surface area (Å²) in [6, 6.07) is 19.9. The highest BCUT2D eigenvalue weighted by molar-refractivity contribution is 7.99. The Morgan fingerprint density at radius 3 is 2.45 bits per heavy atom. The summed E-state index contributed by atoms with van der Waals surface area (Å²) in [6.07, 6.45) is 4.08. The van der Waals surface area contributed by atoms with Gasteiger partial charge in [0.25, 0.3) is 11.5 Å². The number of carbonyl (C=O) groups is 2.